The first-order valence-corrected chi connectivity index (χ1v) is 5.31. The molecule has 0 aliphatic rings. The van der Waals surface area contributed by atoms with Crippen molar-refractivity contribution in [2.24, 2.45) is 0 Å². The van der Waals surface area contributed by atoms with Crippen LogP contribution >= 0.6 is 0 Å². The average Bonchev–Trinajstić information content (AvgIpc) is 2.32. The van der Waals surface area contributed by atoms with Crippen molar-refractivity contribution in [2.45, 2.75) is 20.4 Å². The zero-order valence-electron chi connectivity index (χ0n) is 10.1. The number of hydrogen-bond acceptors (Lipinski definition) is 4. The summed E-state index contributed by atoms with van der Waals surface area (Å²) in [5.41, 5.74) is -0.790. The summed E-state index contributed by atoms with van der Waals surface area (Å²) in [7, 11) is 0. The van der Waals surface area contributed by atoms with Gasteiger partial charge in [-0.15, -0.1) is 0 Å². The second-order valence-electron chi connectivity index (χ2n) is 3.56. The Labute approximate surface area is 104 Å². The maximum atomic E-state index is 11.3. The fraction of sp³-hybridized carbons (Fsp3) is 0.250. The first-order valence-electron chi connectivity index (χ1n) is 5.31. The minimum atomic E-state index is -1.46. The molecule has 0 bridgehead atoms. The van der Waals surface area contributed by atoms with E-state index in [0.29, 0.717) is 0 Å². The van der Waals surface area contributed by atoms with Crippen molar-refractivity contribution < 1.29 is 15.0 Å². The second-order valence-corrected chi connectivity index (χ2v) is 3.56. The van der Waals surface area contributed by atoms with E-state index in [1.165, 1.54) is 4.68 Å². The fourth-order valence-electron chi connectivity index (χ4n) is 1.39. The van der Waals surface area contributed by atoms with Gasteiger partial charge in [0.1, 0.15) is 0 Å². The lowest BCUT2D eigenvalue weighted by molar-refractivity contribution is 0.0685. The predicted octanol–water partition coefficient (Wildman–Crippen LogP) is 1.17. The molecule has 1 heterocycles. The summed E-state index contributed by atoms with van der Waals surface area (Å²) in [6.45, 7) is 3.95. The van der Waals surface area contributed by atoms with Gasteiger partial charge in [0.05, 0.1) is 12.7 Å². The molecule has 1 aromatic rings. The standard InChI is InChI=1S/C12H14N2O4/c1-3-5-8(4-2)6-14-7-9(15)11(16)10(13-14)12(17)18/h3-5,7,15H,6H2,1-2H3,(H,17,18). The highest BCUT2D eigenvalue weighted by atomic mass is 16.4. The van der Waals surface area contributed by atoms with E-state index in [9.17, 15) is 14.7 Å². The second kappa shape index (κ2) is 5.81. The molecule has 18 heavy (non-hydrogen) atoms. The molecule has 0 saturated heterocycles. The third-order valence-corrected chi connectivity index (χ3v) is 2.25. The molecule has 1 rings (SSSR count). The van der Waals surface area contributed by atoms with E-state index >= 15 is 0 Å². The van der Waals surface area contributed by atoms with Crippen LogP contribution in [0.25, 0.3) is 0 Å². The molecule has 0 unspecified atom stereocenters. The maximum Gasteiger partial charge on any atom is 0.360 e. The van der Waals surface area contributed by atoms with E-state index < -0.39 is 22.8 Å². The van der Waals surface area contributed by atoms with Crippen LogP contribution < -0.4 is 5.43 Å². The lowest BCUT2D eigenvalue weighted by Crippen LogP contribution is -2.22. The van der Waals surface area contributed by atoms with Gasteiger partial charge in [0, 0.05) is 0 Å². The number of nitrogens with zero attached hydrogens (tertiary/aromatic N) is 2. The first kappa shape index (κ1) is 13.7. The van der Waals surface area contributed by atoms with E-state index in [4.69, 9.17) is 5.11 Å². The highest BCUT2D eigenvalue weighted by Gasteiger charge is 2.15. The van der Waals surface area contributed by atoms with Crippen molar-refractivity contribution in [1.82, 2.24) is 9.78 Å². The van der Waals surface area contributed by atoms with Crippen LogP contribution in [0, 0.1) is 0 Å². The highest BCUT2D eigenvalue weighted by Crippen LogP contribution is 2.05. The number of allylic oxidation sites excluding steroid dienone is 4. The number of rotatable bonds is 4. The first-order chi connectivity index (χ1) is 8.49. The summed E-state index contributed by atoms with van der Waals surface area (Å²) in [5, 5.41) is 21.8. The Balaban J connectivity index is 3.20. The van der Waals surface area contributed by atoms with Crippen molar-refractivity contribution in [3.63, 3.8) is 0 Å². The van der Waals surface area contributed by atoms with E-state index in [1.807, 2.05) is 32.1 Å². The predicted molar refractivity (Wildman–Crippen MR) is 65.7 cm³/mol. The molecule has 1 aromatic heterocycles. The molecule has 0 aliphatic carbocycles. The Bertz CT molecular complexity index is 570. The minimum Gasteiger partial charge on any atom is -0.503 e. The number of aromatic hydroxyl groups is 1. The van der Waals surface area contributed by atoms with Gasteiger partial charge < -0.3 is 10.2 Å². The maximum absolute atomic E-state index is 11.3. The Kier molecular flexibility index (Phi) is 4.42. The number of carboxylic acids is 1. The van der Waals surface area contributed by atoms with Gasteiger partial charge in [-0.1, -0.05) is 18.2 Å². The monoisotopic (exact) mass is 250 g/mol. The number of carboxylic acid groups (broad SMARTS) is 1. The van der Waals surface area contributed by atoms with Crippen LogP contribution in [-0.2, 0) is 6.54 Å². The van der Waals surface area contributed by atoms with E-state index in [2.05, 4.69) is 5.10 Å². The molecule has 0 radical (unpaired) electrons. The van der Waals surface area contributed by atoms with Crippen LogP contribution in [0.2, 0.25) is 0 Å². The quantitative estimate of drug-likeness (QED) is 0.782. The summed E-state index contributed by atoms with van der Waals surface area (Å²) in [6.07, 6.45) is 6.60. The van der Waals surface area contributed by atoms with Gasteiger partial charge in [-0.2, -0.15) is 5.10 Å². The summed E-state index contributed by atoms with van der Waals surface area (Å²) in [4.78, 5) is 22.1. The zero-order valence-corrected chi connectivity index (χ0v) is 10.1. The molecule has 0 saturated carbocycles. The molecule has 0 aromatic carbocycles. The normalized spacial score (nSPS) is 12.0. The SMILES string of the molecule is CC=CC(=CC)Cn1cc(O)c(=O)c(C(=O)O)n1. The number of hydrogen-bond donors (Lipinski definition) is 2. The summed E-state index contributed by atoms with van der Waals surface area (Å²) < 4.78 is 1.22. The lowest BCUT2D eigenvalue weighted by atomic mass is 10.2. The number of aromatic nitrogens is 2. The third-order valence-electron chi connectivity index (χ3n) is 2.25. The van der Waals surface area contributed by atoms with Gasteiger partial charge in [-0.05, 0) is 19.4 Å². The van der Waals surface area contributed by atoms with Gasteiger partial charge in [-0.3, -0.25) is 9.48 Å². The number of aromatic carboxylic acids is 1. The Morgan fingerprint density at radius 2 is 2.17 bits per heavy atom. The molecule has 6 nitrogen and oxygen atoms in total. The largest absolute Gasteiger partial charge is 0.503 e. The molecule has 2 N–H and O–H groups in total. The van der Waals surface area contributed by atoms with Gasteiger partial charge in [0.25, 0.3) is 5.43 Å². The van der Waals surface area contributed by atoms with Crippen molar-refractivity contribution in [1.29, 1.82) is 0 Å². The van der Waals surface area contributed by atoms with E-state index in [-0.39, 0.29) is 6.54 Å². The van der Waals surface area contributed by atoms with Gasteiger partial charge in [0.15, 0.2) is 5.75 Å². The summed E-state index contributed by atoms with van der Waals surface area (Å²) in [5.74, 6) is -2.09. The van der Waals surface area contributed by atoms with Crippen LogP contribution in [0.15, 0.2) is 34.8 Å². The highest BCUT2D eigenvalue weighted by molar-refractivity contribution is 5.85. The van der Waals surface area contributed by atoms with Crippen LogP contribution in [0.3, 0.4) is 0 Å². The van der Waals surface area contributed by atoms with Crippen LogP contribution in [-0.4, -0.2) is 26.0 Å². The van der Waals surface area contributed by atoms with Gasteiger partial charge in [-0.25, -0.2) is 4.79 Å². The minimum absolute atomic E-state index is 0.273. The van der Waals surface area contributed by atoms with Gasteiger partial charge in [0.2, 0.25) is 5.69 Å². The molecule has 0 amide bonds. The Morgan fingerprint density at radius 3 is 2.67 bits per heavy atom. The molecule has 0 atom stereocenters. The smallest absolute Gasteiger partial charge is 0.360 e. The molecule has 0 spiro atoms. The van der Waals surface area contributed by atoms with Crippen molar-refractivity contribution >= 4 is 5.97 Å². The Hall–Kier alpha value is -2.37. The van der Waals surface area contributed by atoms with Crippen LogP contribution in [0.5, 0.6) is 5.75 Å². The van der Waals surface area contributed by atoms with Gasteiger partial charge >= 0.3 is 5.97 Å². The lowest BCUT2D eigenvalue weighted by Gasteiger charge is -2.07. The molecule has 0 fully saturated rings. The number of carbonyl (C=O) groups is 1. The molecule has 0 aliphatic heterocycles. The molecular weight excluding hydrogens is 236 g/mol. The summed E-state index contributed by atoms with van der Waals surface area (Å²) >= 11 is 0. The van der Waals surface area contributed by atoms with E-state index in [1.54, 1.807) is 0 Å². The summed E-state index contributed by atoms with van der Waals surface area (Å²) in [6, 6.07) is 0. The van der Waals surface area contributed by atoms with Crippen molar-refractivity contribution in [3.8, 4) is 5.75 Å². The molecule has 96 valence electrons. The zero-order chi connectivity index (χ0) is 13.7. The third kappa shape index (κ3) is 3.07. The van der Waals surface area contributed by atoms with E-state index in [0.717, 1.165) is 11.8 Å². The molecular formula is C12H14N2O4. The van der Waals surface area contributed by atoms with Crippen LogP contribution in [0.4, 0.5) is 0 Å². The van der Waals surface area contributed by atoms with Crippen molar-refractivity contribution in [2.75, 3.05) is 0 Å². The van der Waals surface area contributed by atoms with Crippen LogP contribution in [0.1, 0.15) is 24.3 Å². The fourth-order valence-corrected chi connectivity index (χ4v) is 1.39. The molecule has 6 heteroatoms. The average molecular weight is 250 g/mol. The Morgan fingerprint density at radius 1 is 1.50 bits per heavy atom. The topological polar surface area (TPSA) is 92.4 Å². The van der Waals surface area contributed by atoms with Crippen molar-refractivity contribution in [3.05, 3.63) is 45.9 Å².